The van der Waals surface area contributed by atoms with Gasteiger partial charge in [0.15, 0.2) is 0 Å². The van der Waals surface area contributed by atoms with E-state index in [4.69, 9.17) is 0 Å². The minimum Gasteiger partial charge on any atom is -0.315 e. The maximum Gasteiger partial charge on any atom is 0.269 e. The van der Waals surface area contributed by atoms with Gasteiger partial charge in [-0.25, -0.2) is 0 Å². The second-order valence-electron chi connectivity index (χ2n) is 4.81. The van der Waals surface area contributed by atoms with Crippen LogP contribution in [0.1, 0.15) is 19.4 Å². The molecule has 0 radical (unpaired) electrons. The van der Waals surface area contributed by atoms with Crippen molar-refractivity contribution < 1.29 is 4.92 Å². The summed E-state index contributed by atoms with van der Waals surface area (Å²) >= 11 is 1.84. The summed E-state index contributed by atoms with van der Waals surface area (Å²) in [6.07, 6.45) is 3.00. The van der Waals surface area contributed by atoms with Gasteiger partial charge in [0, 0.05) is 23.4 Å². The molecule has 0 spiro atoms. The van der Waals surface area contributed by atoms with E-state index < -0.39 is 0 Å². The predicted octanol–water partition coefficient (Wildman–Crippen LogP) is 2.87. The highest BCUT2D eigenvalue weighted by Crippen LogP contribution is 2.19. The van der Waals surface area contributed by atoms with Crippen molar-refractivity contribution in [2.45, 2.75) is 25.0 Å². The van der Waals surface area contributed by atoms with Gasteiger partial charge >= 0.3 is 0 Å². The van der Waals surface area contributed by atoms with E-state index in [9.17, 15) is 10.1 Å². The van der Waals surface area contributed by atoms with Crippen molar-refractivity contribution in [3.63, 3.8) is 0 Å². The molecule has 1 rings (SSSR count). The van der Waals surface area contributed by atoms with E-state index in [1.165, 1.54) is 0 Å². The van der Waals surface area contributed by atoms with Crippen LogP contribution in [0, 0.1) is 10.1 Å². The van der Waals surface area contributed by atoms with Crippen LogP contribution in [0.2, 0.25) is 0 Å². The van der Waals surface area contributed by atoms with Crippen LogP contribution < -0.4 is 5.32 Å². The van der Waals surface area contributed by atoms with Crippen LogP contribution in [0.3, 0.4) is 0 Å². The molecule has 5 heteroatoms. The van der Waals surface area contributed by atoms with Gasteiger partial charge in [0.05, 0.1) is 4.92 Å². The van der Waals surface area contributed by atoms with Crippen molar-refractivity contribution >= 4 is 17.4 Å². The molecule has 0 fully saturated rings. The van der Waals surface area contributed by atoms with Gasteiger partial charge in [-0.3, -0.25) is 10.1 Å². The van der Waals surface area contributed by atoms with Crippen LogP contribution in [0.5, 0.6) is 0 Å². The van der Waals surface area contributed by atoms with Crippen LogP contribution in [-0.2, 0) is 6.42 Å². The van der Waals surface area contributed by atoms with Gasteiger partial charge in [-0.1, -0.05) is 12.1 Å². The molecule has 0 aliphatic carbocycles. The van der Waals surface area contributed by atoms with Crippen LogP contribution >= 0.6 is 11.8 Å². The van der Waals surface area contributed by atoms with Gasteiger partial charge in [0.1, 0.15) is 0 Å². The van der Waals surface area contributed by atoms with E-state index in [1.807, 2.05) is 23.9 Å². The summed E-state index contributed by atoms with van der Waals surface area (Å²) in [7, 11) is 0. The lowest BCUT2D eigenvalue weighted by molar-refractivity contribution is -0.384. The number of nitro benzene ring substituents is 1. The number of hydrogen-bond donors (Lipinski definition) is 1. The number of benzene rings is 1. The van der Waals surface area contributed by atoms with E-state index >= 15 is 0 Å². The molecule has 0 atom stereocenters. The molecular formula is C13H20N2O2S. The Balaban J connectivity index is 2.34. The quantitative estimate of drug-likeness (QED) is 0.469. The maximum absolute atomic E-state index is 10.5. The molecule has 18 heavy (non-hydrogen) atoms. The zero-order valence-electron chi connectivity index (χ0n) is 11.1. The largest absolute Gasteiger partial charge is 0.315 e. The van der Waals surface area contributed by atoms with Gasteiger partial charge in [0.25, 0.3) is 5.69 Å². The van der Waals surface area contributed by atoms with Crippen LogP contribution in [0.25, 0.3) is 0 Å². The summed E-state index contributed by atoms with van der Waals surface area (Å²) in [5.74, 6) is 0. The van der Waals surface area contributed by atoms with E-state index in [2.05, 4.69) is 25.4 Å². The van der Waals surface area contributed by atoms with Gasteiger partial charge in [0.2, 0.25) is 0 Å². The lowest BCUT2D eigenvalue weighted by Crippen LogP contribution is -2.33. The fourth-order valence-electron chi connectivity index (χ4n) is 1.48. The molecule has 100 valence electrons. The third-order valence-electron chi connectivity index (χ3n) is 2.84. The molecule has 0 bridgehead atoms. The number of thioether (sulfide) groups is 1. The molecular weight excluding hydrogens is 248 g/mol. The SMILES string of the molecule is CSC(C)(C)CNCCc1ccc([N+](=O)[O-])cc1. The summed E-state index contributed by atoms with van der Waals surface area (Å²) in [6.45, 7) is 6.26. The third-order valence-corrected chi connectivity index (χ3v) is 4.09. The Morgan fingerprint density at radius 3 is 2.44 bits per heavy atom. The van der Waals surface area contributed by atoms with Crippen molar-refractivity contribution in [2.24, 2.45) is 0 Å². The van der Waals surface area contributed by atoms with Crippen LogP contribution in [0.4, 0.5) is 5.69 Å². The molecule has 0 amide bonds. The molecule has 0 saturated heterocycles. The number of rotatable bonds is 7. The summed E-state index contributed by atoms with van der Waals surface area (Å²) in [4.78, 5) is 10.1. The average Bonchev–Trinajstić information content (AvgIpc) is 2.35. The second-order valence-corrected chi connectivity index (χ2v) is 6.33. The van der Waals surface area contributed by atoms with Crippen molar-refractivity contribution in [1.29, 1.82) is 0 Å². The van der Waals surface area contributed by atoms with E-state index in [1.54, 1.807) is 12.1 Å². The fourth-order valence-corrected chi connectivity index (χ4v) is 1.73. The standard InChI is InChI=1S/C13H20N2O2S/c1-13(2,18-3)10-14-9-8-11-4-6-12(7-5-11)15(16)17/h4-7,14H,8-10H2,1-3H3. The first kappa shape index (κ1) is 15.0. The fraction of sp³-hybridized carbons (Fsp3) is 0.538. The lowest BCUT2D eigenvalue weighted by atomic mass is 10.1. The molecule has 0 aliphatic rings. The monoisotopic (exact) mass is 268 g/mol. The predicted molar refractivity (Wildman–Crippen MR) is 77.3 cm³/mol. The smallest absolute Gasteiger partial charge is 0.269 e. The number of hydrogen-bond acceptors (Lipinski definition) is 4. The minimum absolute atomic E-state index is 0.148. The molecule has 0 heterocycles. The highest BCUT2D eigenvalue weighted by Gasteiger charge is 2.14. The van der Waals surface area contributed by atoms with E-state index in [-0.39, 0.29) is 15.4 Å². The molecule has 1 aromatic rings. The third kappa shape index (κ3) is 5.06. The molecule has 1 N–H and O–H groups in total. The second kappa shape index (κ2) is 6.75. The number of non-ortho nitro benzene ring substituents is 1. The Hall–Kier alpha value is -1.07. The van der Waals surface area contributed by atoms with Crippen LogP contribution in [0.15, 0.2) is 24.3 Å². The number of nitro groups is 1. The first-order chi connectivity index (χ1) is 8.44. The van der Waals surface area contributed by atoms with Crippen LogP contribution in [-0.4, -0.2) is 29.0 Å². The molecule has 0 aliphatic heterocycles. The minimum atomic E-state index is -0.372. The highest BCUT2D eigenvalue weighted by atomic mass is 32.2. The van der Waals surface area contributed by atoms with Gasteiger partial charge < -0.3 is 5.32 Å². The highest BCUT2D eigenvalue weighted by molar-refractivity contribution is 7.99. The Bertz CT molecular complexity index is 390. The maximum atomic E-state index is 10.5. The summed E-state index contributed by atoms with van der Waals surface area (Å²) in [5, 5.41) is 13.9. The number of nitrogens with one attached hydrogen (secondary N) is 1. The molecule has 0 unspecified atom stereocenters. The summed E-state index contributed by atoms with van der Waals surface area (Å²) in [5.41, 5.74) is 1.27. The Labute approximate surface area is 112 Å². The van der Waals surface area contributed by atoms with Crippen molar-refractivity contribution in [3.05, 3.63) is 39.9 Å². The van der Waals surface area contributed by atoms with Gasteiger partial charge in [-0.2, -0.15) is 11.8 Å². The van der Waals surface area contributed by atoms with Gasteiger partial charge in [-0.05, 0) is 38.6 Å². The molecule has 0 aromatic heterocycles. The Kier molecular flexibility index (Phi) is 5.62. The van der Waals surface area contributed by atoms with Gasteiger partial charge in [-0.15, -0.1) is 0 Å². The van der Waals surface area contributed by atoms with E-state index in [0.29, 0.717) is 0 Å². The average molecular weight is 268 g/mol. The molecule has 0 saturated carbocycles. The number of nitrogens with zero attached hydrogens (tertiary/aromatic N) is 1. The lowest BCUT2D eigenvalue weighted by Gasteiger charge is -2.22. The molecule has 1 aromatic carbocycles. The summed E-state index contributed by atoms with van der Waals surface area (Å²) < 4.78 is 0.246. The first-order valence-electron chi connectivity index (χ1n) is 5.94. The van der Waals surface area contributed by atoms with Crippen molar-refractivity contribution in [1.82, 2.24) is 5.32 Å². The van der Waals surface area contributed by atoms with Crippen molar-refractivity contribution in [2.75, 3.05) is 19.3 Å². The van der Waals surface area contributed by atoms with Crippen molar-refractivity contribution in [3.8, 4) is 0 Å². The summed E-state index contributed by atoms with van der Waals surface area (Å²) in [6, 6.07) is 6.75. The zero-order valence-corrected chi connectivity index (χ0v) is 11.9. The normalized spacial score (nSPS) is 11.5. The Morgan fingerprint density at radius 2 is 1.94 bits per heavy atom. The zero-order chi connectivity index (χ0) is 13.6. The topological polar surface area (TPSA) is 55.2 Å². The van der Waals surface area contributed by atoms with E-state index in [0.717, 1.165) is 25.1 Å². The first-order valence-corrected chi connectivity index (χ1v) is 7.16. The molecule has 4 nitrogen and oxygen atoms in total. The Morgan fingerprint density at radius 1 is 1.33 bits per heavy atom.